The summed E-state index contributed by atoms with van der Waals surface area (Å²) in [5.41, 5.74) is 4.47. The summed E-state index contributed by atoms with van der Waals surface area (Å²) in [6, 6.07) is 7.46. The van der Waals surface area contributed by atoms with Crippen molar-refractivity contribution in [2.75, 3.05) is 0 Å². The predicted octanol–water partition coefficient (Wildman–Crippen LogP) is 3.94. The van der Waals surface area contributed by atoms with Gasteiger partial charge in [-0.1, -0.05) is 52.3 Å². The Bertz CT molecular complexity index is 4610. The molecule has 12 aromatic heterocycles. The summed E-state index contributed by atoms with van der Waals surface area (Å²) >= 11 is 7.13. The van der Waals surface area contributed by atoms with Gasteiger partial charge in [0.1, 0.15) is 26.4 Å². The molecule has 0 atom stereocenters. The average Bonchev–Trinajstić information content (AvgIpc) is 2.00. The van der Waals surface area contributed by atoms with Crippen LogP contribution in [-0.4, -0.2) is 119 Å². The van der Waals surface area contributed by atoms with Crippen molar-refractivity contribution < 1.29 is 24.4 Å². The van der Waals surface area contributed by atoms with Gasteiger partial charge in [-0.05, 0) is 137 Å². The molecule has 12 aromatic rings. The quantitative estimate of drug-likeness (QED) is 0.110. The third-order valence-electron chi connectivity index (χ3n) is 12.4. The Morgan fingerprint density at radius 3 is 1.20 bits per heavy atom. The van der Waals surface area contributed by atoms with Crippen molar-refractivity contribution >= 4 is 67.9 Å². The third kappa shape index (κ3) is 14.4. The monoisotopic (exact) mass is 1380 g/mol. The molecule has 37 heteroatoms. The lowest BCUT2D eigenvalue weighted by Gasteiger charge is -2.12. The van der Waals surface area contributed by atoms with E-state index < -0.39 is 5.69 Å². The smallest absolute Gasteiger partial charge is 0.369 e. The van der Waals surface area contributed by atoms with Gasteiger partial charge in [0.2, 0.25) is 0 Å². The van der Waals surface area contributed by atoms with E-state index in [0.717, 1.165) is 83.4 Å². The molecule has 0 radical (unpaired) electrons. The molecule has 0 aromatic carbocycles. The maximum Gasteiger partial charge on any atom is 0.369 e. The highest BCUT2D eigenvalue weighted by atomic mass is 127. The van der Waals surface area contributed by atoms with E-state index >= 15 is 0 Å². The zero-order chi connectivity index (χ0) is 64.5. The topological polar surface area (TPSA) is 351 Å². The minimum atomic E-state index is -0.390. The maximum atomic E-state index is 12.2. The van der Waals surface area contributed by atoms with E-state index in [0.29, 0.717) is 61.1 Å². The number of halogens is 1. The largest absolute Gasteiger partial charge is 0.465 e. The number of thiazole rings is 4. The van der Waals surface area contributed by atoms with Gasteiger partial charge in [0.05, 0.1) is 5.48 Å². The summed E-state index contributed by atoms with van der Waals surface area (Å²) < 4.78 is 62.2. The van der Waals surface area contributed by atoms with Crippen molar-refractivity contribution in [3.63, 3.8) is 0 Å². The van der Waals surface area contributed by atoms with Crippen molar-refractivity contribution in [2.24, 2.45) is 28.2 Å². The van der Waals surface area contributed by atoms with Crippen LogP contribution in [0.25, 0.3) is 23.3 Å². The van der Waals surface area contributed by atoms with E-state index in [4.69, 9.17) is 24.4 Å². The highest BCUT2D eigenvalue weighted by Gasteiger charge is 2.29. The van der Waals surface area contributed by atoms with Crippen LogP contribution in [0.1, 0.15) is 70.1 Å². The van der Waals surface area contributed by atoms with Crippen LogP contribution < -0.4 is 41.7 Å². The van der Waals surface area contributed by atoms with E-state index in [1.54, 1.807) is 46.3 Å². The van der Waals surface area contributed by atoms with Gasteiger partial charge in [0, 0.05) is 125 Å². The normalized spacial score (nSPS) is 12.3. The van der Waals surface area contributed by atoms with E-state index in [1.807, 2.05) is 38.1 Å². The first kappa shape index (κ1) is 55.4. The molecule has 32 nitrogen and oxygen atoms in total. The van der Waals surface area contributed by atoms with Crippen molar-refractivity contribution in [3.8, 4) is 44.0 Å². The molecule has 1 aliphatic rings. The molecule has 0 saturated heterocycles. The van der Waals surface area contributed by atoms with Gasteiger partial charge in [0.15, 0.2) is 23.3 Å². The van der Waals surface area contributed by atoms with Crippen molar-refractivity contribution in [1.29, 1.82) is 0 Å². The van der Waals surface area contributed by atoms with Gasteiger partial charge in [-0.2, -0.15) is 18.7 Å². The highest BCUT2D eigenvalue weighted by molar-refractivity contribution is 14.1. The lowest BCUT2D eigenvalue weighted by molar-refractivity contribution is 0.302. The number of ether oxygens (including phenoxy) is 4. The fourth-order valence-corrected chi connectivity index (χ4v) is 10.1. The molecule has 0 N–H and O–H groups in total. The molecule has 1 fully saturated rings. The van der Waals surface area contributed by atoms with E-state index in [-0.39, 0.29) is 68.2 Å². The first-order valence-electron chi connectivity index (χ1n) is 27.5. The van der Waals surface area contributed by atoms with Gasteiger partial charge in [-0.25, -0.2) is 59.0 Å². The van der Waals surface area contributed by atoms with E-state index in [9.17, 15) is 19.2 Å². The van der Waals surface area contributed by atoms with Gasteiger partial charge in [0.25, 0.3) is 20.8 Å². The van der Waals surface area contributed by atoms with Crippen molar-refractivity contribution in [2.45, 2.75) is 65.5 Å². The first-order chi connectivity index (χ1) is 43.8. The first-order valence-corrected chi connectivity index (χ1v) is 30.1. The Hall–Kier alpha value is -9.47. The highest BCUT2D eigenvalue weighted by Crippen LogP contribution is 2.42. The minimum absolute atomic E-state index is 0.159. The van der Waals surface area contributed by atoms with Crippen LogP contribution in [-0.2, 0) is 61.0 Å². The second kappa shape index (κ2) is 28.2. The zero-order valence-electron chi connectivity index (χ0n) is 50.5. The second-order valence-electron chi connectivity index (χ2n) is 17.9. The number of hydrogen-bond donors (Lipinski definition) is 0. The number of hydrogen-bond acceptors (Lipinski definition) is 28. The van der Waals surface area contributed by atoms with E-state index in [2.05, 4.69) is 104 Å². The van der Waals surface area contributed by atoms with Crippen LogP contribution >= 0.6 is 67.9 Å². The molecule has 0 aliphatic heterocycles. The average molecular weight is 1380 g/mol. The third-order valence-corrected chi connectivity index (χ3v) is 15.9. The number of nitrogens with zero attached hydrogens (tertiary/aromatic N) is 24. The summed E-state index contributed by atoms with van der Waals surface area (Å²) in [6.45, 7) is 4.63. The molecular weight excluding hydrogens is 1320 g/mol. The van der Waals surface area contributed by atoms with Gasteiger partial charge in [-0.15, -0.1) is 18.7 Å². The molecular formula is C50H49IN24O8S4. The molecule has 1 saturated carbocycles. The zero-order valence-corrected chi connectivity index (χ0v) is 51.9. The minimum Gasteiger partial charge on any atom is -0.465 e. The molecule has 0 bridgehead atoms. The number of rotatable bonds is 18. The Kier molecular flexibility index (Phi) is 17.9. The van der Waals surface area contributed by atoms with Crippen LogP contribution in [0.3, 0.4) is 0 Å². The fourth-order valence-electron chi connectivity index (χ4n) is 7.82. The lowest BCUT2D eigenvalue weighted by Crippen LogP contribution is -2.24. The summed E-state index contributed by atoms with van der Waals surface area (Å²) in [7, 11) is 6.10. The lowest BCUT2D eigenvalue weighted by atomic mass is 10.1. The van der Waals surface area contributed by atoms with Crippen LogP contribution in [0.4, 0.5) is 0 Å². The number of pyridine rings is 4. The molecule has 1 aliphatic carbocycles. The molecule has 87 heavy (non-hydrogen) atoms. The molecule has 448 valence electrons. The molecule has 12 heterocycles. The molecule has 0 spiro atoms. The summed E-state index contributed by atoms with van der Waals surface area (Å²) in [5, 5.41) is 38.1. The Balaban J connectivity index is 0.000000133. The van der Waals surface area contributed by atoms with Crippen LogP contribution in [0.5, 0.6) is 20.8 Å². The molecule has 0 amide bonds. The Labute approximate surface area is 525 Å². The summed E-state index contributed by atoms with van der Waals surface area (Å²) in [4.78, 5) is 81.0. The Morgan fingerprint density at radius 1 is 0.471 bits per heavy atom. The molecule has 0 unspecified atom stereocenters. The number of aryl methyl sites for hydroxylation is 6. The maximum absolute atomic E-state index is 12.2. The van der Waals surface area contributed by atoms with Crippen molar-refractivity contribution in [3.05, 3.63) is 180 Å². The molecule has 13 rings (SSSR count). The van der Waals surface area contributed by atoms with Gasteiger partial charge < -0.3 is 18.9 Å². The van der Waals surface area contributed by atoms with Gasteiger partial charge >= 0.3 is 22.8 Å². The number of aromatic nitrogens is 24. The summed E-state index contributed by atoms with van der Waals surface area (Å²) in [6.07, 6.45) is 10.1. The van der Waals surface area contributed by atoms with Crippen LogP contribution in [0.15, 0.2) is 114 Å². The van der Waals surface area contributed by atoms with Gasteiger partial charge in [-0.3, -0.25) is 0 Å². The van der Waals surface area contributed by atoms with Crippen molar-refractivity contribution in [1.82, 2.24) is 119 Å². The standard InChI is InChI=1S/C14H14N6O2S.C13H14N6O2S.C12H12N6O2S.C11H9IN6O2S/c1-19-14(21)20(18-17-19)12-11(8-22-13-16-6-7-23-13)10(4-5-15-12)9-2-3-9;1-3-9-4-5-14-11(19-13(20)18(2)16-17-19)10(9)8-21-12-15-6-7-22-12;1-8-3-4-13-10(18-12(19)17(2)15-16-18)9(8)7-20-11-14-5-6-21-11;1-17-11(19)18(16-15-17)9-7(8(12)2-3-13-9)6-20-10-14-4-5-21-10/h4-7,9H,2-3,8H2,1H3;4-7H,3,8H2,1-2H3;3-6H,7H2,1-2H3;2-5H,6H2,1H3/i2*6T;5T;4T. The van der Waals surface area contributed by atoms with E-state index in [1.165, 1.54) is 78.2 Å². The fraction of sp³-hybridized carbons (Fsp3) is 0.280. The Morgan fingerprint density at radius 2 is 0.816 bits per heavy atom. The number of tetrazole rings is 4. The van der Waals surface area contributed by atoms with Crippen LogP contribution in [0.2, 0.25) is 0 Å². The summed E-state index contributed by atoms with van der Waals surface area (Å²) in [5.74, 6) is 2.03. The second-order valence-corrected chi connectivity index (χ2v) is 22.4. The van der Waals surface area contributed by atoms with Crippen LogP contribution in [0, 0.1) is 10.5 Å². The SMILES string of the molecule is [3H]c1csc(OCc2c(C)ccnc2-n2nnn(C)c2=O)n1.[3H]c1csc(OCc2c(C3CC3)ccnc2-n2nnn(C)c2=O)n1.[3H]c1csc(OCc2c(CC)ccnc2-n2nnn(C)c2=O)n1.[3H]c1csc(OCc2c(I)ccnc2-n2nnn(C)c2=O)n1. The predicted molar refractivity (Wildman–Crippen MR) is 322 cm³/mol.